The molecule has 3 aromatic carbocycles. The first-order chi connectivity index (χ1) is 15.4. The van der Waals surface area contributed by atoms with Crippen molar-refractivity contribution < 1.29 is 18.7 Å². The van der Waals surface area contributed by atoms with E-state index in [0.29, 0.717) is 16.7 Å². The second-order valence-corrected chi connectivity index (χ2v) is 7.62. The molecule has 0 saturated heterocycles. The number of carbonyl (C=O) groups excluding carboxylic acids is 1. The summed E-state index contributed by atoms with van der Waals surface area (Å²) in [7, 11) is 0. The quantitative estimate of drug-likeness (QED) is 0.218. The molecule has 0 N–H and O–H groups in total. The zero-order valence-electron chi connectivity index (χ0n) is 18.0. The molecular weight excluding hydrogens is 404 g/mol. The Balaban J connectivity index is 1.52. The van der Waals surface area contributed by atoms with Crippen LogP contribution in [-0.2, 0) is 4.79 Å². The molecule has 0 fully saturated rings. The van der Waals surface area contributed by atoms with E-state index < -0.39 is 5.97 Å². The molecule has 4 rings (SSSR count). The fraction of sp³-hybridized carbons (Fsp3) is 0.111. The monoisotopic (exact) mass is 426 g/mol. The smallest absolute Gasteiger partial charge is 0.336 e. The molecule has 0 bridgehead atoms. The van der Waals surface area contributed by atoms with Crippen LogP contribution in [0, 0.1) is 20.8 Å². The van der Waals surface area contributed by atoms with Crippen molar-refractivity contribution in [3.8, 4) is 17.2 Å². The minimum Gasteiger partial charge on any atom is -0.460 e. The number of carbonyl (C=O) groups is 1. The summed E-state index contributed by atoms with van der Waals surface area (Å²) in [6.45, 7) is 5.86. The number of benzene rings is 3. The number of hydrogen-bond acceptors (Lipinski definition) is 5. The van der Waals surface area contributed by atoms with Crippen LogP contribution in [0.4, 0.5) is 0 Å². The zero-order chi connectivity index (χ0) is 22.7. The summed E-state index contributed by atoms with van der Waals surface area (Å²) in [6, 6.07) is 18.2. The van der Waals surface area contributed by atoms with E-state index in [1.807, 2.05) is 63.2 Å². The molecule has 160 valence electrons. The van der Waals surface area contributed by atoms with Crippen LogP contribution in [0.3, 0.4) is 0 Å². The van der Waals surface area contributed by atoms with Gasteiger partial charge in [0, 0.05) is 12.1 Å². The molecule has 5 heteroatoms. The van der Waals surface area contributed by atoms with Crippen LogP contribution in [0.15, 0.2) is 82.2 Å². The molecule has 0 aliphatic heterocycles. The number of rotatable bonds is 5. The number of esters is 1. The molecule has 0 saturated carbocycles. The van der Waals surface area contributed by atoms with Gasteiger partial charge in [0.15, 0.2) is 0 Å². The van der Waals surface area contributed by atoms with Gasteiger partial charge in [0.1, 0.15) is 23.3 Å². The molecule has 32 heavy (non-hydrogen) atoms. The molecule has 0 aliphatic carbocycles. The average molecular weight is 426 g/mol. The lowest BCUT2D eigenvalue weighted by atomic mass is 10.1. The number of ether oxygens (including phenoxy) is 2. The van der Waals surface area contributed by atoms with Gasteiger partial charge in [-0.2, -0.15) is 0 Å². The SMILES string of the molecule is Cc1ccc(/C=C/C(=O)Oc2ccc3c(=O)c(Oc4cc(C)ccc4C)coc3c2)cc1. The summed E-state index contributed by atoms with van der Waals surface area (Å²) >= 11 is 0. The van der Waals surface area contributed by atoms with E-state index in [1.165, 1.54) is 18.4 Å². The van der Waals surface area contributed by atoms with Gasteiger partial charge in [-0.05, 0) is 61.7 Å². The highest BCUT2D eigenvalue weighted by Gasteiger charge is 2.12. The Labute approximate surface area is 185 Å². The third-order valence-corrected chi connectivity index (χ3v) is 4.99. The first-order valence-corrected chi connectivity index (χ1v) is 10.2. The number of hydrogen-bond donors (Lipinski definition) is 0. The molecule has 0 aliphatic rings. The van der Waals surface area contributed by atoms with Gasteiger partial charge in [-0.1, -0.05) is 42.0 Å². The lowest BCUT2D eigenvalue weighted by Crippen LogP contribution is -2.07. The highest BCUT2D eigenvalue weighted by Crippen LogP contribution is 2.27. The van der Waals surface area contributed by atoms with Crippen LogP contribution in [0.25, 0.3) is 17.0 Å². The Hall–Kier alpha value is -4.12. The van der Waals surface area contributed by atoms with E-state index in [9.17, 15) is 9.59 Å². The summed E-state index contributed by atoms with van der Waals surface area (Å²) in [5.74, 6) is 0.448. The third-order valence-electron chi connectivity index (χ3n) is 4.99. The van der Waals surface area contributed by atoms with Crippen LogP contribution in [0.2, 0.25) is 0 Å². The van der Waals surface area contributed by atoms with Crippen molar-refractivity contribution in [3.63, 3.8) is 0 Å². The summed E-state index contributed by atoms with van der Waals surface area (Å²) in [5, 5.41) is 0.336. The topological polar surface area (TPSA) is 65.7 Å². The molecular formula is C27H22O5. The van der Waals surface area contributed by atoms with E-state index in [1.54, 1.807) is 18.2 Å². The van der Waals surface area contributed by atoms with E-state index in [-0.39, 0.29) is 16.9 Å². The van der Waals surface area contributed by atoms with Crippen LogP contribution >= 0.6 is 0 Å². The minimum absolute atomic E-state index is 0.0944. The molecule has 0 spiro atoms. The van der Waals surface area contributed by atoms with Crippen LogP contribution in [0.1, 0.15) is 22.3 Å². The first kappa shape index (κ1) is 21.1. The average Bonchev–Trinajstić information content (AvgIpc) is 2.78. The standard InChI is InChI=1S/C27H22O5/c1-17-5-8-20(9-6-17)10-13-26(28)31-21-11-12-22-24(15-21)30-16-25(27(22)29)32-23-14-18(2)4-7-19(23)3/h4-16H,1-3H3/b13-10+. The maximum absolute atomic E-state index is 12.8. The predicted molar refractivity (Wildman–Crippen MR) is 124 cm³/mol. The lowest BCUT2D eigenvalue weighted by Gasteiger charge is -2.09. The first-order valence-electron chi connectivity index (χ1n) is 10.2. The predicted octanol–water partition coefficient (Wildman–Crippen LogP) is 6.13. The van der Waals surface area contributed by atoms with Crippen molar-refractivity contribution in [1.29, 1.82) is 0 Å². The molecule has 1 heterocycles. The van der Waals surface area contributed by atoms with Gasteiger partial charge < -0.3 is 13.9 Å². The number of fused-ring (bicyclic) bond motifs is 1. The van der Waals surface area contributed by atoms with Gasteiger partial charge in [0.05, 0.1) is 5.39 Å². The Morgan fingerprint density at radius 3 is 2.41 bits per heavy atom. The van der Waals surface area contributed by atoms with Gasteiger partial charge in [0.2, 0.25) is 11.2 Å². The Kier molecular flexibility index (Phi) is 5.90. The maximum atomic E-state index is 12.8. The summed E-state index contributed by atoms with van der Waals surface area (Å²) in [6.07, 6.45) is 4.31. The van der Waals surface area contributed by atoms with E-state index >= 15 is 0 Å². The summed E-state index contributed by atoms with van der Waals surface area (Å²) in [4.78, 5) is 25.0. The summed E-state index contributed by atoms with van der Waals surface area (Å²) in [5.41, 5.74) is 3.98. The molecule has 0 unspecified atom stereocenters. The molecule has 4 aromatic rings. The second kappa shape index (κ2) is 8.94. The van der Waals surface area contributed by atoms with Crippen molar-refractivity contribution in [3.05, 3.63) is 105 Å². The molecule has 0 radical (unpaired) electrons. The Morgan fingerprint density at radius 2 is 1.62 bits per heavy atom. The highest BCUT2D eigenvalue weighted by atomic mass is 16.5. The van der Waals surface area contributed by atoms with Crippen LogP contribution in [0.5, 0.6) is 17.2 Å². The Morgan fingerprint density at radius 1 is 0.875 bits per heavy atom. The van der Waals surface area contributed by atoms with Crippen LogP contribution in [-0.4, -0.2) is 5.97 Å². The lowest BCUT2D eigenvalue weighted by molar-refractivity contribution is -0.128. The molecule has 1 aromatic heterocycles. The van der Waals surface area contributed by atoms with Gasteiger partial charge in [0.25, 0.3) is 0 Å². The van der Waals surface area contributed by atoms with Gasteiger partial charge in [-0.25, -0.2) is 4.79 Å². The van der Waals surface area contributed by atoms with Crippen molar-refractivity contribution >= 4 is 23.0 Å². The fourth-order valence-electron chi connectivity index (χ4n) is 3.15. The van der Waals surface area contributed by atoms with Gasteiger partial charge in [-0.3, -0.25) is 4.79 Å². The van der Waals surface area contributed by atoms with Crippen molar-refractivity contribution in [2.75, 3.05) is 0 Å². The normalized spacial score (nSPS) is 11.1. The van der Waals surface area contributed by atoms with E-state index in [0.717, 1.165) is 22.3 Å². The zero-order valence-corrected chi connectivity index (χ0v) is 18.0. The van der Waals surface area contributed by atoms with Crippen molar-refractivity contribution in [2.45, 2.75) is 20.8 Å². The second-order valence-electron chi connectivity index (χ2n) is 7.62. The fourth-order valence-corrected chi connectivity index (χ4v) is 3.15. The molecule has 0 amide bonds. The van der Waals surface area contributed by atoms with Crippen molar-refractivity contribution in [2.24, 2.45) is 0 Å². The maximum Gasteiger partial charge on any atom is 0.336 e. The summed E-state index contributed by atoms with van der Waals surface area (Å²) < 4.78 is 16.7. The van der Waals surface area contributed by atoms with E-state index in [2.05, 4.69) is 0 Å². The van der Waals surface area contributed by atoms with Crippen LogP contribution < -0.4 is 14.9 Å². The molecule has 0 atom stereocenters. The third kappa shape index (κ3) is 4.78. The van der Waals surface area contributed by atoms with Gasteiger partial charge in [-0.15, -0.1) is 0 Å². The van der Waals surface area contributed by atoms with Crippen molar-refractivity contribution in [1.82, 2.24) is 0 Å². The highest BCUT2D eigenvalue weighted by molar-refractivity contribution is 5.89. The van der Waals surface area contributed by atoms with Gasteiger partial charge >= 0.3 is 5.97 Å². The van der Waals surface area contributed by atoms with E-state index in [4.69, 9.17) is 13.9 Å². The Bertz CT molecular complexity index is 1380. The largest absolute Gasteiger partial charge is 0.460 e. The number of aryl methyl sites for hydroxylation is 3. The molecule has 5 nitrogen and oxygen atoms in total. The minimum atomic E-state index is -0.526.